The van der Waals surface area contributed by atoms with E-state index in [2.05, 4.69) is 4.98 Å². The van der Waals surface area contributed by atoms with E-state index in [4.69, 9.17) is 0 Å². The largest absolute Gasteiger partial charge is 0.443 e. The van der Waals surface area contributed by atoms with Gasteiger partial charge in [-0.05, 0) is 18.2 Å². The van der Waals surface area contributed by atoms with E-state index < -0.39 is 22.9 Å². The lowest BCUT2D eigenvalue weighted by Crippen LogP contribution is -2.03. The number of thiazole rings is 1. The van der Waals surface area contributed by atoms with Crippen LogP contribution in [0.3, 0.4) is 0 Å². The lowest BCUT2D eigenvalue weighted by atomic mass is 10.2. The summed E-state index contributed by atoms with van der Waals surface area (Å²) >= 11 is 0.198. The number of rotatable bonds is 0. The Morgan fingerprint density at radius 3 is 2.12 bits per heavy atom. The molecule has 17 heavy (non-hydrogen) atoms. The van der Waals surface area contributed by atoms with Gasteiger partial charge in [0.15, 0.2) is 5.01 Å². The number of hydrogen-bond acceptors (Lipinski definition) is 2. The number of halogens is 6. The number of nitrogens with zero attached hydrogens (tertiary/aromatic N) is 1. The van der Waals surface area contributed by atoms with Gasteiger partial charge in [0.25, 0.3) is 0 Å². The third-order valence-electron chi connectivity index (χ3n) is 1.96. The third-order valence-corrected chi connectivity index (χ3v) is 3.02. The van der Waals surface area contributed by atoms with Crippen molar-refractivity contribution in [2.24, 2.45) is 0 Å². The first kappa shape index (κ1) is 12.2. The molecule has 0 aliphatic carbocycles. The zero-order valence-corrected chi connectivity index (χ0v) is 8.67. The summed E-state index contributed by atoms with van der Waals surface area (Å²) in [5.74, 6) is 0. The molecule has 0 unspecified atom stereocenters. The van der Waals surface area contributed by atoms with E-state index in [1.54, 1.807) is 0 Å². The zero-order valence-electron chi connectivity index (χ0n) is 7.86. The number of benzene rings is 1. The van der Waals surface area contributed by atoms with E-state index >= 15 is 0 Å². The number of alkyl halides is 6. The maximum Gasteiger partial charge on any atom is 0.443 e. The number of aromatic nitrogens is 1. The highest BCUT2D eigenvalue weighted by atomic mass is 32.1. The summed E-state index contributed by atoms with van der Waals surface area (Å²) in [5, 5.41) is -1.15. The van der Waals surface area contributed by atoms with Crippen LogP contribution in [0, 0.1) is 0 Å². The van der Waals surface area contributed by atoms with Crippen molar-refractivity contribution >= 4 is 21.6 Å². The van der Waals surface area contributed by atoms with E-state index in [0.29, 0.717) is 12.1 Å². The molecular weight excluding hydrogens is 268 g/mol. The molecule has 0 amide bonds. The van der Waals surface area contributed by atoms with Crippen molar-refractivity contribution in [1.82, 2.24) is 4.98 Å². The van der Waals surface area contributed by atoms with Gasteiger partial charge in [0.1, 0.15) is 0 Å². The smallest absolute Gasteiger partial charge is 0.232 e. The fourth-order valence-electron chi connectivity index (χ4n) is 1.22. The first-order chi connectivity index (χ1) is 7.68. The summed E-state index contributed by atoms with van der Waals surface area (Å²) in [6.45, 7) is 0. The third kappa shape index (κ3) is 2.36. The lowest BCUT2D eigenvalue weighted by molar-refractivity contribution is -0.138. The number of fused-ring (bicyclic) bond motifs is 1. The molecule has 0 atom stereocenters. The maximum atomic E-state index is 12.3. The van der Waals surface area contributed by atoms with Crippen LogP contribution in [0.2, 0.25) is 0 Å². The van der Waals surface area contributed by atoms with Gasteiger partial charge in [0, 0.05) is 0 Å². The molecule has 1 aromatic carbocycles. The molecule has 0 aliphatic rings. The molecule has 0 aliphatic heterocycles. The highest BCUT2D eigenvalue weighted by Crippen LogP contribution is 2.38. The molecule has 0 spiro atoms. The van der Waals surface area contributed by atoms with Crippen molar-refractivity contribution in [2.75, 3.05) is 0 Å². The minimum atomic E-state index is -4.64. The van der Waals surface area contributed by atoms with Crippen LogP contribution < -0.4 is 0 Å². The van der Waals surface area contributed by atoms with Crippen LogP contribution in [0.4, 0.5) is 26.3 Å². The fraction of sp³-hybridized carbons (Fsp3) is 0.222. The SMILES string of the molecule is FC(F)(F)c1ccc2nc(C(F)(F)F)sc2c1. The van der Waals surface area contributed by atoms with E-state index in [1.807, 2.05) is 0 Å². The van der Waals surface area contributed by atoms with Crippen LogP contribution in [-0.4, -0.2) is 4.98 Å². The molecule has 0 saturated heterocycles. The van der Waals surface area contributed by atoms with Gasteiger partial charge < -0.3 is 0 Å². The summed E-state index contributed by atoms with van der Waals surface area (Å²) in [6.07, 6.45) is -9.21. The van der Waals surface area contributed by atoms with Gasteiger partial charge in [0.2, 0.25) is 0 Å². The minimum Gasteiger partial charge on any atom is -0.232 e. The minimum absolute atomic E-state index is 0.0877. The van der Waals surface area contributed by atoms with Crippen LogP contribution in [0.1, 0.15) is 10.6 Å². The lowest BCUT2D eigenvalue weighted by Gasteiger charge is -2.04. The predicted molar refractivity (Wildman–Crippen MR) is 49.6 cm³/mol. The Hall–Kier alpha value is -1.31. The molecule has 8 heteroatoms. The Morgan fingerprint density at radius 1 is 0.941 bits per heavy atom. The Bertz CT molecular complexity index is 541. The topological polar surface area (TPSA) is 12.9 Å². The van der Waals surface area contributed by atoms with Crippen molar-refractivity contribution in [3.63, 3.8) is 0 Å². The molecule has 0 fully saturated rings. The van der Waals surface area contributed by atoms with Crippen molar-refractivity contribution in [3.8, 4) is 0 Å². The molecular formula is C9H3F6NS. The number of hydrogen-bond donors (Lipinski definition) is 0. The van der Waals surface area contributed by atoms with Crippen LogP contribution in [-0.2, 0) is 12.4 Å². The standard InChI is InChI=1S/C9H3F6NS/c10-8(11,12)4-1-2-5-6(3-4)17-7(16-5)9(13,14)15/h1-3H. The fourth-order valence-corrected chi connectivity index (χ4v) is 2.09. The van der Waals surface area contributed by atoms with Crippen molar-refractivity contribution in [1.29, 1.82) is 0 Å². The Balaban J connectivity index is 2.56. The second kappa shape index (κ2) is 3.59. The summed E-state index contributed by atoms with van der Waals surface area (Å²) in [6, 6.07) is 2.31. The average molecular weight is 271 g/mol. The van der Waals surface area contributed by atoms with E-state index in [0.717, 1.165) is 6.07 Å². The summed E-state index contributed by atoms with van der Waals surface area (Å²) in [5.41, 5.74) is -1.07. The van der Waals surface area contributed by atoms with Gasteiger partial charge >= 0.3 is 12.4 Å². The molecule has 1 heterocycles. The molecule has 2 rings (SSSR count). The Morgan fingerprint density at radius 2 is 1.59 bits per heavy atom. The van der Waals surface area contributed by atoms with Gasteiger partial charge in [-0.1, -0.05) is 0 Å². The summed E-state index contributed by atoms with van der Waals surface area (Å²) in [4.78, 5) is 3.23. The predicted octanol–water partition coefficient (Wildman–Crippen LogP) is 4.33. The molecule has 0 bridgehead atoms. The molecule has 0 radical (unpaired) electrons. The highest BCUT2D eigenvalue weighted by Gasteiger charge is 2.36. The normalized spacial score (nSPS) is 13.3. The van der Waals surface area contributed by atoms with Crippen molar-refractivity contribution in [2.45, 2.75) is 12.4 Å². The molecule has 0 saturated carbocycles. The van der Waals surface area contributed by atoms with Crippen molar-refractivity contribution < 1.29 is 26.3 Å². The van der Waals surface area contributed by atoms with Gasteiger partial charge in [-0.25, -0.2) is 4.98 Å². The van der Waals surface area contributed by atoms with Gasteiger partial charge in [-0.15, -0.1) is 11.3 Å². The van der Waals surface area contributed by atoms with Gasteiger partial charge in [0.05, 0.1) is 15.8 Å². The Kier molecular flexibility index (Phi) is 2.57. The van der Waals surface area contributed by atoms with Crippen LogP contribution in [0.25, 0.3) is 10.2 Å². The summed E-state index contributed by atoms with van der Waals surface area (Å²) < 4.78 is 73.7. The Labute approximate surface area is 94.7 Å². The van der Waals surface area contributed by atoms with Crippen LogP contribution in [0.5, 0.6) is 0 Å². The average Bonchev–Trinajstić information content (AvgIpc) is 2.57. The maximum absolute atomic E-state index is 12.3. The first-order valence-electron chi connectivity index (χ1n) is 4.23. The zero-order chi connectivity index (χ0) is 12.8. The highest BCUT2D eigenvalue weighted by molar-refractivity contribution is 7.18. The van der Waals surface area contributed by atoms with E-state index in [-0.39, 0.29) is 21.6 Å². The van der Waals surface area contributed by atoms with Crippen LogP contribution >= 0.6 is 11.3 Å². The molecule has 1 aromatic heterocycles. The second-order valence-electron chi connectivity index (χ2n) is 3.20. The van der Waals surface area contributed by atoms with E-state index in [1.165, 1.54) is 0 Å². The molecule has 1 nitrogen and oxygen atoms in total. The first-order valence-corrected chi connectivity index (χ1v) is 5.04. The quantitative estimate of drug-likeness (QED) is 0.650. The summed E-state index contributed by atoms with van der Waals surface area (Å²) in [7, 11) is 0. The molecule has 0 N–H and O–H groups in total. The van der Waals surface area contributed by atoms with Gasteiger partial charge in [-0.3, -0.25) is 0 Å². The van der Waals surface area contributed by atoms with Crippen LogP contribution in [0.15, 0.2) is 18.2 Å². The molecule has 92 valence electrons. The van der Waals surface area contributed by atoms with E-state index in [9.17, 15) is 26.3 Å². The monoisotopic (exact) mass is 271 g/mol. The second-order valence-corrected chi connectivity index (χ2v) is 4.23. The van der Waals surface area contributed by atoms with Crippen molar-refractivity contribution in [3.05, 3.63) is 28.8 Å². The molecule has 2 aromatic rings. The van der Waals surface area contributed by atoms with Gasteiger partial charge in [-0.2, -0.15) is 26.3 Å².